The van der Waals surface area contributed by atoms with Gasteiger partial charge in [0.1, 0.15) is 10.7 Å². The molecule has 0 saturated heterocycles. The Morgan fingerprint density at radius 2 is 1.92 bits per heavy atom. The second-order valence-corrected chi connectivity index (χ2v) is 5.15. The van der Waals surface area contributed by atoms with Gasteiger partial charge in [0.15, 0.2) is 6.10 Å². The largest absolute Gasteiger partial charge is 0.451 e. The highest BCUT2D eigenvalue weighted by atomic mass is 35.5. The summed E-state index contributed by atoms with van der Waals surface area (Å²) in [6.07, 6.45) is 1.25. The molecule has 124 valence electrons. The molecule has 0 aliphatic carbocycles. The number of rotatable bonds is 6. The van der Waals surface area contributed by atoms with Crippen LogP contribution in [-0.2, 0) is 9.53 Å². The summed E-state index contributed by atoms with van der Waals surface area (Å²) in [4.78, 5) is 33.6. The van der Waals surface area contributed by atoms with Crippen LogP contribution in [0.5, 0.6) is 0 Å². The second-order valence-electron chi connectivity index (χ2n) is 4.72. The van der Waals surface area contributed by atoms with Gasteiger partial charge in [-0.25, -0.2) is 4.79 Å². The zero-order valence-corrected chi connectivity index (χ0v) is 13.2. The molecule has 0 fully saturated rings. The first-order valence-electron chi connectivity index (χ1n) is 6.79. The highest BCUT2D eigenvalue weighted by Gasteiger charge is 2.18. The Bertz CT molecular complexity index is 793. The van der Waals surface area contributed by atoms with Gasteiger partial charge in [0.25, 0.3) is 0 Å². The number of hydrogen-bond acceptors (Lipinski definition) is 6. The van der Waals surface area contributed by atoms with Gasteiger partial charge in [-0.2, -0.15) is 0 Å². The quantitative estimate of drug-likeness (QED) is 0.259. The molecule has 0 amide bonds. The zero-order chi connectivity index (χ0) is 17.7. The van der Waals surface area contributed by atoms with E-state index in [2.05, 4.69) is 0 Å². The lowest BCUT2D eigenvalue weighted by Gasteiger charge is -2.10. The Morgan fingerprint density at radius 1 is 1.25 bits per heavy atom. The van der Waals surface area contributed by atoms with Crippen LogP contribution < -0.4 is 0 Å². The van der Waals surface area contributed by atoms with Crippen molar-refractivity contribution in [1.29, 1.82) is 0 Å². The second kappa shape index (κ2) is 7.56. The van der Waals surface area contributed by atoms with Crippen molar-refractivity contribution in [1.82, 2.24) is 0 Å². The molecule has 0 unspecified atom stereocenters. The van der Waals surface area contributed by atoms with Gasteiger partial charge in [0, 0.05) is 16.7 Å². The average Bonchev–Trinajstić information content (AvgIpc) is 3.02. The fourth-order valence-corrected chi connectivity index (χ4v) is 1.92. The first kappa shape index (κ1) is 17.4. The third-order valence-corrected chi connectivity index (χ3v) is 3.22. The number of hydrogen-bond donors (Lipinski definition) is 0. The zero-order valence-electron chi connectivity index (χ0n) is 12.5. The number of Topliss-reactive ketones (excluding diaryl/α,β-unsaturated/α-hetero) is 1. The third-order valence-electron chi connectivity index (χ3n) is 2.97. The van der Waals surface area contributed by atoms with Gasteiger partial charge in [-0.05, 0) is 43.3 Å². The van der Waals surface area contributed by atoms with Crippen LogP contribution in [0.4, 0.5) is 5.88 Å². The Balaban J connectivity index is 1.95. The van der Waals surface area contributed by atoms with Crippen LogP contribution in [-0.4, -0.2) is 22.8 Å². The summed E-state index contributed by atoms with van der Waals surface area (Å²) in [7, 11) is 0. The topological polar surface area (TPSA) is 99.7 Å². The van der Waals surface area contributed by atoms with Crippen LogP contribution in [0.15, 0.2) is 46.9 Å². The van der Waals surface area contributed by atoms with Crippen molar-refractivity contribution in [2.24, 2.45) is 0 Å². The number of carbonyl (C=O) groups excluding carboxylic acids is 2. The molecule has 0 N–H and O–H groups in total. The lowest BCUT2D eigenvalue weighted by Crippen LogP contribution is -2.23. The summed E-state index contributed by atoms with van der Waals surface area (Å²) in [6, 6.07) is 8.70. The lowest BCUT2D eigenvalue weighted by molar-refractivity contribution is -0.402. The van der Waals surface area contributed by atoms with E-state index in [9.17, 15) is 19.7 Å². The Kier molecular flexibility index (Phi) is 5.49. The number of benzene rings is 1. The minimum Gasteiger partial charge on any atom is -0.451 e. The smallest absolute Gasteiger partial charge is 0.433 e. The van der Waals surface area contributed by atoms with E-state index in [1.54, 1.807) is 12.1 Å². The Morgan fingerprint density at radius 3 is 2.50 bits per heavy atom. The molecule has 0 spiro atoms. The minimum atomic E-state index is -0.991. The van der Waals surface area contributed by atoms with E-state index >= 15 is 0 Å². The molecule has 2 aromatic rings. The summed E-state index contributed by atoms with van der Waals surface area (Å²) >= 11 is 5.74. The van der Waals surface area contributed by atoms with Gasteiger partial charge in [-0.15, -0.1) is 0 Å². The molecule has 2 rings (SSSR count). The van der Waals surface area contributed by atoms with Crippen LogP contribution >= 0.6 is 11.6 Å². The van der Waals surface area contributed by atoms with E-state index in [-0.39, 0.29) is 11.5 Å². The molecule has 0 aliphatic heterocycles. The molecular formula is C16H12ClNO6. The molecule has 1 atom stereocenters. The number of furan rings is 1. The minimum absolute atomic E-state index is 0.121. The summed E-state index contributed by atoms with van der Waals surface area (Å²) in [5.74, 6) is -1.46. The normalized spacial score (nSPS) is 12.1. The van der Waals surface area contributed by atoms with Crippen molar-refractivity contribution in [2.75, 3.05) is 0 Å². The number of nitro groups is 1. The molecule has 7 nitrogen and oxygen atoms in total. The molecule has 0 bridgehead atoms. The van der Waals surface area contributed by atoms with Crippen molar-refractivity contribution in [3.63, 3.8) is 0 Å². The van der Waals surface area contributed by atoms with Crippen LogP contribution in [0.3, 0.4) is 0 Å². The summed E-state index contributed by atoms with van der Waals surface area (Å²) in [5, 5.41) is 11.0. The van der Waals surface area contributed by atoms with Gasteiger partial charge in [-0.3, -0.25) is 14.9 Å². The van der Waals surface area contributed by atoms with E-state index < -0.39 is 22.9 Å². The van der Waals surface area contributed by atoms with E-state index in [0.717, 1.165) is 12.1 Å². The van der Waals surface area contributed by atoms with E-state index in [0.29, 0.717) is 10.6 Å². The number of ether oxygens (including phenoxy) is 1. The van der Waals surface area contributed by atoms with Crippen molar-refractivity contribution >= 4 is 35.3 Å². The van der Waals surface area contributed by atoms with E-state index in [1.165, 1.54) is 31.2 Å². The summed E-state index contributed by atoms with van der Waals surface area (Å²) in [6.45, 7) is 1.44. The molecule has 24 heavy (non-hydrogen) atoms. The first-order valence-corrected chi connectivity index (χ1v) is 7.17. The number of nitrogens with zero attached hydrogens (tertiary/aromatic N) is 1. The SMILES string of the molecule is C[C@H](OC(=O)/C=C/c1ccc([N+](=O)[O-])o1)C(=O)c1ccc(Cl)cc1. The van der Waals surface area contributed by atoms with Crippen molar-refractivity contribution in [3.05, 3.63) is 68.9 Å². The van der Waals surface area contributed by atoms with Gasteiger partial charge in [-0.1, -0.05) is 11.6 Å². The average molecular weight is 350 g/mol. The van der Waals surface area contributed by atoms with E-state index in [1.807, 2.05) is 0 Å². The van der Waals surface area contributed by atoms with Crippen molar-refractivity contribution < 1.29 is 23.7 Å². The maximum Gasteiger partial charge on any atom is 0.433 e. The molecule has 1 aromatic heterocycles. The Hall–Kier alpha value is -2.93. The fraction of sp³-hybridized carbons (Fsp3) is 0.125. The number of esters is 1. The first-order chi connectivity index (χ1) is 11.4. The maximum absolute atomic E-state index is 12.1. The highest BCUT2D eigenvalue weighted by molar-refractivity contribution is 6.30. The van der Waals surface area contributed by atoms with E-state index in [4.69, 9.17) is 20.8 Å². The predicted octanol–water partition coefficient (Wildman–Crippen LogP) is 3.67. The standard InChI is InChI=1S/C16H12ClNO6/c1-10(16(20)11-2-4-12(17)5-3-11)23-15(19)9-7-13-6-8-14(24-13)18(21)22/h2-10H,1H3/b9-7+/t10-/m0/s1. The van der Waals surface area contributed by atoms with Crippen molar-refractivity contribution in [2.45, 2.75) is 13.0 Å². The molecule has 0 aliphatic rings. The monoisotopic (exact) mass is 349 g/mol. The number of halogens is 1. The Labute approximate surface area is 141 Å². The lowest BCUT2D eigenvalue weighted by atomic mass is 10.1. The van der Waals surface area contributed by atoms with Gasteiger partial charge in [0.2, 0.25) is 5.78 Å². The van der Waals surface area contributed by atoms with Gasteiger partial charge < -0.3 is 9.15 Å². The van der Waals surface area contributed by atoms with Gasteiger partial charge >= 0.3 is 11.9 Å². The van der Waals surface area contributed by atoms with Crippen LogP contribution in [0.25, 0.3) is 6.08 Å². The molecule has 1 heterocycles. The number of carbonyl (C=O) groups is 2. The molecular weight excluding hydrogens is 338 g/mol. The highest BCUT2D eigenvalue weighted by Crippen LogP contribution is 2.17. The van der Waals surface area contributed by atoms with Crippen LogP contribution in [0.2, 0.25) is 5.02 Å². The van der Waals surface area contributed by atoms with Crippen LogP contribution in [0, 0.1) is 10.1 Å². The predicted molar refractivity (Wildman–Crippen MR) is 85.7 cm³/mol. The third kappa shape index (κ3) is 4.53. The molecule has 8 heteroatoms. The number of ketones is 1. The summed E-state index contributed by atoms with van der Waals surface area (Å²) in [5.41, 5.74) is 0.366. The fourth-order valence-electron chi connectivity index (χ4n) is 1.80. The maximum atomic E-state index is 12.1. The molecule has 1 aromatic carbocycles. The molecule has 0 radical (unpaired) electrons. The summed E-state index contributed by atoms with van der Waals surface area (Å²) < 4.78 is 9.84. The molecule has 0 saturated carbocycles. The van der Waals surface area contributed by atoms with Crippen molar-refractivity contribution in [3.8, 4) is 0 Å². The van der Waals surface area contributed by atoms with Crippen LogP contribution in [0.1, 0.15) is 23.0 Å². The van der Waals surface area contributed by atoms with Gasteiger partial charge in [0.05, 0.1) is 6.07 Å².